The number of halogens is 4. The van der Waals surface area contributed by atoms with Gasteiger partial charge in [-0.2, -0.15) is 13.2 Å². The van der Waals surface area contributed by atoms with E-state index in [4.69, 9.17) is 0 Å². The van der Waals surface area contributed by atoms with Crippen LogP contribution in [0, 0.1) is 5.82 Å². The van der Waals surface area contributed by atoms with Gasteiger partial charge in [0.05, 0.1) is 0 Å². The molecule has 0 fully saturated rings. The van der Waals surface area contributed by atoms with Crippen LogP contribution >= 0.6 is 0 Å². The number of nitrogens with zero attached hydrogens (tertiary/aromatic N) is 2. The van der Waals surface area contributed by atoms with Crippen molar-refractivity contribution < 1.29 is 22.4 Å². The first kappa shape index (κ1) is 10.6. The molecule has 0 saturated heterocycles. The third-order valence-corrected chi connectivity index (χ3v) is 2.00. The summed E-state index contributed by atoms with van der Waals surface area (Å²) in [6.45, 7) is 0. The molecule has 0 aliphatic carbocycles. The Morgan fingerprint density at radius 2 is 2.00 bits per heavy atom. The van der Waals surface area contributed by atoms with E-state index in [9.17, 15) is 22.4 Å². The summed E-state index contributed by atoms with van der Waals surface area (Å²) in [6, 6.07) is 2.04. The van der Waals surface area contributed by atoms with Crippen LogP contribution in [-0.4, -0.2) is 15.7 Å². The number of aromatic nitrogens is 2. The molecule has 0 spiro atoms. The number of rotatable bonds is 1. The molecule has 84 valence electrons. The van der Waals surface area contributed by atoms with E-state index in [-0.39, 0.29) is 11.9 Å². The molecule has 0 bridgehead atoms. The number of carbonyl (C=O) groups is 1. The quantitative estimate of drug-likeness (QED) is 0.558. The molecule has 2 aromatic heterocycles. The van der Waals surface area contributed by atoms with Gasteiger partial charge in [-0.3, -0.25) is 9.20 Å². The summed E-state index contributed by atoms with van der Waals surface area (Å²) in [4.78, 5) is 13.8. The van der Waals surface area contributed by atoms with Gasteiger partial charge in [-0.1, -0.05) is 0 Å². The van der Waals surface area contributed by atoms with E-state index >= 15 is 0 Å². The standard InChI is InChI=1S/C9H4F4N2O/c10-5-1-2-7-14-8(9(11,12)13)6(4-16)15(7)3-5/h1-4H. The van der Waals surface area contributed by atoms with Crippen molar-refractivity contribution >= 4 is 11.9 Å². The highest BCUT2D eigenvalue weighted by Gasteiger charge is 2.37. The number of aldehydes is 1. The number of hydrogen-bond acceptors (Lipinski definition) is 2. The van der Waals surface area contributed by atoms with Gasteiger partial charge >= 0.3 is 6.18 Å². The molecule has 16 heavy (non-hydrogen) atoms. The zero-order valence-electron chi connectivity index (χ0n) is 7.62. The van der Waals surface area contributed by atoms with Crippen LogP contribution in [0.3, 0.4) is 0 Å². The second-order valence-corrected chi connectivity index (χ2v) is 3.04. The number of pyridine rings is 1. The van der Waals surface area contributed by atoms with E-state index in [1.165, 1.54) is 0 Å². The van der Waals surface area contributed by atoms with Gasteiger partial charge in [0.25, 0.3) is 0 Å². The molecule has 2 rings (SSSR count). The SMILES string of the molecule is O=Cc1c(C(F)(F)F)nc2ccc(F)cn12. The monoisotopic (exact) mass is 232 g/mol. The smallest absolute Gasteiger partial charge is 0.296 e. The molecule has 0 aromatic carbocycles. The first-order valence-electron chi connectivity index (χ1n) is 4.13. The lowest BCUT2D eigenvalue weighted by Crippen LogP contribution is -2.09. The van der Waals surface area contributed by atoms with Crippen LogP contribution in [0.15, 0.2) is 18.3 Å². The number of hydrogen-bond donors (Lipinski definition) is 0. The van der Waals surface area contributed by atoms with Crippen molar-refractivity contribution in [2.45, 2.75) is 6.18 Å². The average molecular weight is 232 g/mol. The Morgan fingerprint density at radius 3 is 2.56 bits per heavy atom. The molecule has 0 aliphatic rings. The summed E-state index contributed by atoms with van der Waals surface area (Å²) in [5.74, 6) is -0.748. The number of carbonyl (C=O) groups excluding carboxylic acids is 1. The highest BCUT2D eigenvalue weighted by atomic mass is 19.4. The lowest BCUT2D eigenvalue weighted by molar-refractivity contribution is -0.141. The van der Waals surface area contributed by atoms with Gasteiger partial charge in [0.1, 0.15) is 17.2 Å². The normalized spacial score (nSPS) is 12.0. The van der Waals surface area contributed by atoms with Crippen molar-refractivity contribution in [3.63, 3.8) is 0 Å². The van der Waals surface area contributed by atoms with E-state index in [2.05, 4.69) is 4.98 Å². The van der Waals surface area contributed by atoms with Gasteiger partial charge in [0.15, 0.2) is 12.0 Å². The summed E-state index contributed by atoms with van der Waals surface area (Å²) in [5, 5.41) is 0. The van der Waals surface area contributed by atoms with Crippen molar-refractivity contribution in [3.05, 3.63) is 35.5 Å². The topological polar surface area (TPSA) is 34.4 Å². The molecule has 0 radical (unpaired) electrons. The van der Waals surface area contributed by atoms with Crippen molar-refractivity contribution in [2.75, 3.05) is 0 Å². The minimum absolute atomic E-state index is 0.00225. The van der Waals surface area contributed by atoms with Crippen LogP contribution in [0.1, 0.15) is 16.2 Å². The fourth-order valence-electron chi connectivity index (χ4n) is 1.36. The van der Waals surface area contributed by atoms with E-state index in [1.54, 1.807) is 0 Å². The molecular weight excluding hydrogens is 228 g/mol. The van der Waals surface area contributed by atoms with Crippen molar-refractivity contribution in [1.82, 2.24) is 9.38 Å². The number of imidazole rings is 1. The lowest BCUT2D eigenvalue weighted by Gasteiger charge is -2.02. The van der Waals surface area contributed by atoms with Gasteiger partial charge < -0.3 is 0 Å². The van der Waals surface area contributed by atoms with Crippen molar-refractivity contribution in [2.24, 2.45) is 0 Å². The maximum absolute atomic E-state index is 12.8. The zero-order chi connectivity index (χ0) is 11.9. The van der Waals surface area contributed by atoms with E-state index in [1.807, 2.05) is 0 Å². The van der Waals surface area contributed by atoms with Crippen molar-refractivity contribution in [3.8, 4) is 0 Å². The Labute approximate surface area is 86.3 Å². The predicted molar refractivity (Wildman–Crippen MR) is 45.5 cm³/mol. The van der Waals surface area contributed by atoms with Gasteiger partial charge in [-0.05, 0) is 12.1 Å². The Kier molecular flexibility index (Phi) is 2.18. The average Bonchev–Trinajstić information content (AvgIpc) is 2.54. The fourth-order valence-corrected chi connectivity index (χ4v) is 1.36. The Bertz CT molecular complexity index is 558. The number of fused-ring (bicyclic) bond motifs is 1. The molecule has 0 saturated carbocycles. The molecular formula is C9H4F4N2O. The first-order chi connectivity index (χ1) is 7.43. The predicted octanol–water partition coefficient (Wildman–Crippen LogP) is 2.30. The van der Waals surface area contributed by atoms with Gasteiger partial charge in [0.2, 0.25) is 0 Å². The van der Waals surface area contributed by atoms with Gasteiger partial charge in [-0.25, -0.2) is 9.37 Å². The van der Waals surface area contributed by atoms with Crippen LogP contribution in [0.2, 0.25) is 0 Å². The minimum Gasteiger partial charge on any atom is -0.296 e. The molecule has 0 amide bonds. The third kappa shape index (κ3) is 1.54. The summed E-state index contributed by atoms with van der Waals surface area (Å²) >= 11 is 0. The highest BCUT2D eigenvalue weighted by Crippen LogP contribution is 2.31. The molecule has 0 N–H and O–H groups in total. The van der Waals surface area contributed by atoms with Crippen LogP contribution < -0.4 is 0 Å². The van der Waals surface area contributed by atoms with Gasteiger partial charge in [-0.15, -0.1) is 0 Å². The van der Waals surface area contributed by atoms with Crippen molar-refractivity contribution in [1.29, 1.82) is 0 Å². The van der Waals surface area contributed by atoms with E-state index in [0.717, 1.165) is 22.7 Å². The summed E-state index contributed by atoms with van der Waals surface area (Å²) in [5.41, 5.74) is -2.15. The molecule has 3 nitrogen and oxygen atoms in total. The molecule has 7 heteroatoms. The Hall–Kier alpha value is -1.92. The summed E-state index contributed by atoms with van der Waals surface area (Å²) in [7, 11) is 0. The van der Waals surface area contributed by atoms with Crippen LogP contribution in [-0.2, 0) is 6.18 Å². The number of alkyl halides is 3. The molecule has 2 aromatic rings. The molecule has 2 heterocycles. The molecule has 0 unspecified atom stereocenters. The van der Waals surface area contributed by atoms with Crippen LogP contribution in [0.25, 0.3) is 5.65 Å². The maximum atomic E-state index is 12.8. The maximum Gasteiger partial charge on any atom is 0.435 e. The van der Waals surface area contributed by atoms with E-state index < -0.39 is 23.4 Å². The summed E-state index contributed by atoms with van der Waals surface area (Å²) < 4.78 is 50.9. The lowest BCUT2D eigenvalue weighted by atomic mass is 10.3. The molecule has 0 aliphatic heterocycles. The first-order valence-corrected chi connectivity index (χ1v) is 4.13. The Balaban J connectivity index is 2.82. The van der Waals surface area contributed by atoms with Crippen LogP contribution in [0.5, 0.6) is 0 Å². The highest BCUT2D eigenvalue weighted by molar-refractivity contribution is 5.76. The second kappa shape index (κ2) is 3.29. The largest absolute Gasteiger partial charge is 0.435 e. The van der Waals surface area contributed by atoms with Gasteiger partial charge in [0, 0.05) is 6.20 Å². The zero-order valence-corrected chi connectivity index (χ0v) is 7.62. The Morgan fingerprint density at radius 1 is 1.31 bits per heavy atom. The van der Waals surface area contributed by atoms with E-state index in [0.29, 0.717) is 0 Å². The minimum atomic E-state index is -4.74. The fraction of sp³-hybridized carbons (Fsp3) is 0.111. The summed E-state index contributed by atoms with van der Waals surface area (Å²) in [6.07, 6.45) is -3.96. The second-order valence-electron chi connectivity index (χ2n) is 3.04. The third-order valence-electron chi connectivity index (χ3n) is 2.00. The van der Waals surface area contributed by atoms with Crippen LogP contribution in [0.4, 0.5) is 17.6 Å². The molecule has 0 atom stereocenters.